The smallest absolute Gasteiger partial charge is 0.251 e. The molecule has 120 valence electrons. The molecule has 1 atom stereocenters. The van der Waals surface area contributed by atoms with Gasteiger partial charge >= 0.3 is 0 Å². The van der Waals surface area contributed by atoms with Gasteiger partial charge in [0.25, 0.3) is 5.91 Å². The Morgan fingerprint density at radius 3 is 2.64 bits per heavy atom. The number of rotatable bonds is 4. The number of hydrogen-bond donors (Lipinski definition) is 1. The first-order valence-electron chi connectivity index (χ1n) is 8.34. The van der Waals surface area contributed by atoms with Crippen LogP contribution in [-0.4, -0.2) is 43.1 Å². The number of piperidine rings is 1. The molecule has 4 heteroatoms. The average Bonchev–Trinajstić information content (AvgIpc) is 3.02. The fraction of sp³-hybridized carbons (Fsp3) is 0.611. The molecule has 1 N–H and O–H groups in total. The second-order valence-electron chi connectivity index (χ2n) is 6.69. The number of amides is 1. The molecule has 2 aliphatic heterocycles. The van der Waals surface area contributed by atoms with Gasteiger partial charge in [0, 0.05) is 19.6 Å². The number of nitrogens with zero attached hydrogens (tertiary/aromatic N) is 1. The van der Waals surface area contributed by atoms with Gasteiger partial charge in [-0.1, -0.05) is 30.3 Å². The minimum absolute atomic E-state index is 0.136. The molecule has 0 aliphatic carbocycles. The number of hydrogen-bond acceptors (Lipinski definition) is 3. The Labute approximate surface area is 132 Å². The van der Waals surface area contributed by atoms with Crippen LogP contribution in [-0.2, 0) is 16.1 Å². The SMILES string of the molecule is CC(OCc1ccccc1)C(=O)N1CCC2(CCNC2)CC1. The lowest BCUT2D eigenvalue weighted by Gasteiger charge is -2.39. The molecule has 4 nitrogen and oxygen atoms in total. The number of benzene rings is 1. The molecular formula is C18H26N2O2. The summed E-state index contributed by atoms with van der Waals surface area (Å²) in [5, 5.41) is 3.46. The van der Waals surface area contributed by atoms with Crippen LogP contribution >= 0.6 is 0 Å². The predicted octanol–water partition coefficient (Wildman–Crippen LogP) is 2.19. The summed E-state index contributed by atoms with van der Waals surface area (Å²) >= 11 is 0. The summed E-state index contributed by atoms with van der Waals surface area (Å²) in [6, 6.07) is 10.0. The van der Waals surface area contributed by atoms with Crippen molar-refractivity contribution in [1.29, 1.82) is 0 Å². The van der Waals surface area contributed by atoms with Crippen molar-refractivity contribution in [3.05, 3.63) is 35.9 Å². The number of carbonyl (C=O) groups is 1. The van der Waals surface area contributed by atoms with Gasteiger partial charge in [-0.15, -0.1) is 0 Å². The molecule has 22 heavy (non-hydrogen) atoms. The summed E-state index contributed by atoms with van der Waals surface area (Å²) in [5.41, 5.74) is 1.56. The molecule has 0 bridgehead atoms. The summed E-state index contributed by atoms with van der Waals surface area (Å²) in [5.74, 6) is 0.136. The van der Waals surface area contributed by atoms with Crippen LogP contribution in [0.4, 0.5) is 0 Å². The van der Waals surface area contributed by atoms with Crippen LogP contribution in [0.15, 0.2) is 30.3 Å². The van der Waals surface area contributed by atoms with Crippen LogP contribution in [0.1, 0.15) is 31.7 Å². The Balaban J connectivity index is 1.47. The van der Waals surface area contributed by atoms with Crippen LogP contribution in [0.25, 0.3) is 0 Å². The molecule has 2 saturated heterocycles. The molecule has 1 aromatic carbocycles. The first kappa shape index (κ1) is 15.5. The van der Waals surface area contributed by atoms with Crippen LogP contribution in [0, 0.1) is 5.41 Å². The minimum Gasteiger partial charge on any atom is -0.364 e. The van der Waals surface area contributed by atoms with Gasteiger partial charge in [-0.2, -0.15) is 0 Å². The lowest BCUT2D eigenvalue weighted by atomic mass is 9.78. The highest BCUT2D eigenvalue weighted by molar-refractivity contribution is 5.80. The summed E-state index contributed by atoms with van der Waals surface area (Å²) < 4.78 is 5.76. The van der Waals surface area contributed by atoms with Gasteiger partial charge in [0.2, 0.25) is 0 Å². The third kappa shape index (κ3) is 3.50. The van der Waals surface area contributed by atoms with Gasteiger partial charge in [-0.25, -0.2) is 0 Å². The van der Waals surface area contributed by atoms with E-state index in [1.165, 1.54) is 6.42 Å². The largest absolute Gasteiger partial charge is 0.364 e. The zero-order valence-corrected chi connectivity index (χ0v) is 13.4. The lowest BCUT2D eigenvalue weighted by molar-refractivity contribution is -0.145. The van der Waals surface area contributed by atoms with Crippen molar-refractivity contribution >= 4 is 5.91 Å². The fourth-order valence-electron chi connectivity index (χ4n) is 3.55. The third-order valence-corrected chi connectivity index (χ3v) is 5.16. The van der Waals surface area contributed by atoms with Crippen molar-refractivity contribution in [2.75, 3.05) is 26.2 Å². The monoisotopic (exact) mass is 302 g/mol. The molecule has 2 fully saturated rings. The van der Waals surface area contributed by atoms with Gasteiger partial charge in [0.1, 0.15) is 6.10 Å². The van der Waals surface area contributed by atoms with E-state index < -0.39 is 0 Å². The van der Waals surface area contributed by atoms with Crippen LogP contribution in [0.2, 0.25) is 0 Å². The molecule has 1 aromatic rings. The van der Waals surface area contributed by atoms with E-state index >= 15 is 0 Å². The molecule has 2 heterocycles. The Kier molecular flexibility index (Phi) is 4.79. The summed E-state index contributed by atoms with van der Waals surface area (Å²) in [6.45, 7) is 6.36. The number of likely N-dealkylation sites (tertiary alicyclic amines) is 1. The maximum atomic E-state index is 12.5. The van der Waals surface area contributed by atoms with Crippen molar-refractivity contribution in [2.24, 2.45) is 5.41 Å². The van der Waals surface area contributed by atoms with Crippen LogP contribution < -0.4 is 5.32 Å². The minimum atomic E-state index is -0.365. The Morgan fingerprint density at radius 1 is 1.27 bits per heavy atom. The molecule has 1 unspecified atom stereocenters. The molecule has 0 saturated carbocycles. The van der Waals surface area contributed by atoms with E-state index in [0.717, 1.165) is 44.6 Å². The maximum absolute atomic E-state index is 12.5. The van der Waals surface area contributed by atoms with E-state index in [1.54, 1.807) is 0 Å². The van der Waals surface area contributed by atoms with Gasteiger partial charge in [0.05, 0.1) is 6.61 Å². The second kappa shape index (κ2) is 6.80. The highest BCUT2D eigenvalue weighted by Crippen LogP contribution is 2.37. The second-order valence-corrected chi connectivity index (χ2v) is 6.69. The Hall–Kier alpha value is -1.39. The van der Waals surface area contributed by atoms with Crippen LogP contribution in [0.3, 0.4) is 0 Å². The van der Waals surface area contributed by atoms with Crippen molar-refractivity contribution in [3.63, 3.8) is 0 Å². The standard InChI is InChI=1S/C18H26N2O2/c1-15(22-13-16-5-3-2-4-6-16)17(21)20-11-8-18(9-12-20)7-10-19-14-18/h2-6,15,19H,7-14H2,1H3. The molecule has 0 aromatic heterocycles. The molecule has 1 spiro atoms. The number of nitrogens with one attached hydrogen (secondary N) is 1. The predicted molar refractivity (Wildman–Crippen MR) is 86.4 cm³/mol. The van der Waals surface area contributed by atoms with Gasteiger partial charge < -0.3 is 15.0 Å². The summed E-state index contributed by atoms with van der Waals surface area (Å²) in [6.07, 6.45) is 3.14. The van der Waals surface area contributed by atoms with Crippen molar-refractivity contribution < 1.29 is 9.53 Å². The quantitative estimate of drug-likeness (QED) is 0.927. The van der Waals surface area contributed by atoms with Crippen molar-refractivity contribution in [2.45, 2.75) is 38.9 Å². The van der Waals surface area contributed by atoms with E-state index in [1.807, 2.05) is 42.2 Å². The average molecular weight is 302 g/mol. The number of carbonyl (C=O) groups excluding carboxylic acids is 1. The van der Waals surface area contributed by atoms with E-state index in [-0.39, 0.29) is 12.0 Å². The van der Waals surface area contributed by atoms with Gasteiger partial charge in [-0.3, -0.25) is 4.79 Å². The number of ether oxygens (including phenoxy) is 1. The summed E-state index contributed by atoms with van der Waals surface area (Å²) in [4.78, 5) is 14.5. The van der Waals surface area contributed by atoms with Crippen molar-refractivity contribution in [3.8, 4) is 0 Å². The fourth-order valence-corrected chi connectivity index (χ4v) is 3.55. The van der Waals surface area contributed by atoms with Crippen LogP contribution in [0.5, 0.6) is 0 Å². The zero-order chi connectivity index (χ0) is 15.4. The highest BCUT2D eigenvalue weighted by Gasteiger charge is 2.38. The van der Waals surface area contributed by atoms with E-state index in [2.05, 4.69) is 5.32 Å². The topological polar surface area (TPSA) is 41.6 Å². The Bertz CT molecular complexity index is 487. The third-order valence-electron chi connectivity index (χ3n) is 5.16. The van der Waals surface area contributed by atoms with E-state index in [9.17, 15) is 4.79 Å². The normalized spacial score (nSPS) is 22.0. The molecule has 1 amide bonds. The summed E-state index contributed by atoms with van der Waals surface area (Å²) in [7, 11) is 0. The van der Waals surface area contributed by atoms with Crippen molar-refractivity contribution in [1.82, 2.24) is 10.2 Å². The molecule has 0 radical (unpaired) electrons. The van der Waals surface area contributed by atoms with Gasteiger partial charge in [-0.05, 0) is 43.7 Å². The Morgan fingerprint density at radius 2 is 2.00 bits per heavy atom. The molecule has 3 rings (SSSR count). The maximum Gasteiger partial charge on any atom is 0.251 e. The van der Waals surface area contributed by atoms with E-state index in [4.69, 9.17) is 4.74 Å². The van der Waals surface area contributed by atoms with Gasteiger partial charge in [0.15, 0.2) is 0 Å². The molecule has 2 aliphatic rings. The highest BCUT2D eigenvalue weighted by atomic mass is 16.5. The van der Waals surface area contributed by atoms with E-state index in [0.29, 0.717) is 12.0 Å². The first-order chi connectivity index (χ1) is 10.7. The lowest BCUT2D eigenvalue weighted by Crippen LogP contribution is -2.47. The zero-order valence-electron chi connectivity index (χ0n) is 13.4. The molecular weight excluding hydrogens is 276 g/mol. The first-order valence-corrected chi connectivity index (χ1v) is 8.34.